The molecule has 0 saturated heterocycles. The molecule has 0 bridgehead atoms. The Hall–Kier alpha value is -1.54. The summed E-state index contributed by atoms with van der Waals surface area (Å²) in [6.07, 6.45) is 0.341. The molecule has 3 heteroatoms. The second-order valence-electron chi connectivity index (χ2n) is 3.65. The molecule has 0 unspecified atom stereocenters. The van der Waals surface area contributed by atoms with E-state index < -0.39 is 0 Å². The van der Waals surface area contributed by atoms with Crippen LogP contribution >= 0.6 is 11.6 Å². The van der Waals surface area contributed by atoms with Gasteiger partial charge in [-0.15, -0.1) is 0 Å². The third-order valence-corrected chi connectivity index (χ3v) is 2.47. The average Bonchev–Trinajstić information content (AvgIpc) is 2.66. The number of rotatable bonds is 3. The van der Waals surface area contributed by atoms with E-state index in [2.05, 4.69) is 0 Å². The Balaban J connectivity index is 2.24. The number of furan rings is 1. The highest BCUT2D eigenvalue weighted by Gasteiger charge is 2.06. The van der Waals surface area contributed by atoms with Crippen LogP contribution in [0.25, 0.3) is 11.3 Å². The number of hydrogen-bond donors (Lipinski definition) is 0. The zero-order valence-electron chi connectivity index (χ0n) is 8.87. The highest BCUT2D eigenvalue weighted by molar-refractivity contribution is 6.30. The molecule has 0 aliphatic rings. The molecule has 0 N–H and O–H groups in total. The average molecular weight is 235 g/mol. The van der Waals surface area contributed by atoms with Crippen molar-refractivity contribution in [2.75, 3.05) is 0 Å². The Morgan fingerprint density at radius 3 is 2.50 bits per heavy atom. The Morgan fingerprint density at radius 2 is 1.88 bits per heavy atom. The second-order valence-corrected chi connectivity index (χ2v) is 4.09. The van der Waals surface area contributed by atoms with Crippen molar-refractivity contribution in [2.45, 2.75) is 13.3 Å². The van der Waals surface area contributed by atoms with Crippen molar-refractivity contribution >= 4 is 17.4 Å². The van der Waals surface area contributed by atoms with Crippen LogP contribution in [0.3, 0.4) is 0 Å². The number of halogens is 1. The van der Waals surface area contributed by atoms with Gasteiger partial charge in [0, 0.05) is 10.6 Å². The third-order valence-electron chi connectivity index (χ3n) is 2.21. The van der Waals surface area contributed by atoms with Crippen molar-refractivity contribution in [1.29, 1.82) is 0 Å². The summed E-state index contributed by atoms with van der Waals surface area (Å²) in [5, 5.41) is 0.694. The van der Waals surface area contributed by atoms with Gasteiger partial charge in [0.2, 0.25) is 0 Å². The van der Waals surface area contributed by atoms with Gasteiger partial charge >= 0.3 is 0 Å². The molecule has 0 amide bonds. The lowest BCUT2D eigenvalue weighted by atomic mass is 10.2. The largest absolute Gasteiger partial charge is 0.461 e. The fourth-order valence-electron chi connectivity index (χ4n) is 1.49. The fourth-order valence-corrected chi connectivity index (χ4v) is 1.61. The molecule has 2 aromatic rings. The Bertz CT molecular complexity index is 497. The maximum absolute atomic E-state index is 10.9. The van der Waals surface area contributed by atoms with Crippen molar-refractivity contribution in [3.8, 4) is 11.3 Å². The van der Waals surface area contributed by atoms with Crippen molar-refractivity contribution in [2.24, 2.45) is 0 Å². The van der Waals surface area contributed by atoms with Gasteiger partial charge in [0.15, 0.2) is 0 Å². The summed E-state index contributed by atoms with van der Waals surface area (Å²) in [5.74, 6) is 1.54. The number of Topliss-reactive ketones (excluding diaryl/α,β-unsaturated/α-hetero) is 1. The molecule has 16 heavy (non-hydrogen) atoms. The maximum Gasteiger partial charge on any atom is 0.137 e. The molecule has 0 radical (unpaired) electrons. The third kappa shape index (κ3) is 2.52. The van der Waals surface area contributed by atoms with Crippen molar-refractivity contribution < 1.29 is 9.21 Å². The summed E-state index contributed by atoms with van der Waals surface area (Å²) in [6, 6.07) is 11.1. The lowest BCUT2D eigenvalue weighted by Crippen LogP contribution is -1.93. The second kappa shape index (κ2) is 4.54. The molecule has 0 fully saturated rings. The summed E-state index contributed by atoms with van der Waals surface area (Å²) in [7, 11) is 0. The molecule has 1 aromatic heterocycles. The molecule has 1 heterocycles. The monoisotopic (exact) mass is 234 g/mol. The van der Waals surface area contributed by atoms with Gasteiger partial charge in [0.05, 0.1) is 6.42 Å². The predicted molar refractivity (Wildman–Crippen MR) is 63.5 cm³/mol. The normalized spacial score (nSPS) is 10.4. The molecule has 1 aromatic carbocycles. The fraction of sp³-hybridized carbons (Fsp3) is 0.154. The van der Waals surface area contributed by atoms with Crippen molar-refractivity contribution in [1.82, 2.24) is 0 Å². The lowest BCUT2D eigenvalue weighted by Gasteiger charge is -1.97. The van der Waals surface area contributed by atoms with Gasteiger partial charge in [-0.2, -0.15) is 0 Å². The van der Waals surface area contributed by atoms with E-state index in [0.29, 0.717) is 17.2 Å². The van der Waals surface area contributed by atoms with Gasteiger partial charge < -0.3 is 4.42 Å². The number of carbonyl (C=O) groups is 1. The van der Waals surface area contributed by atoms with Crippen LogP contribution in [-0.2, 0) is 11.2 Å². The quantitative estimate of drug-likeness (QED) is 0.810. The van der Waals surface area contributed by atoms with Crippen LogP contribution in [0.2, 0.25) is 5.02 Å². The van der Waals surface area contributed by atoms with Gasteiger partial charge in [-0.1, -0.05) is 11.6 Å². The zero-order valence-corrected chi connectivity index (χ0v) is 9.62. The van der Waals surface area contributed by atoms with Crippen LogP contribution < -0.4 is 0 Å². The SMILES string of the molecule is CC(=O)Cc1ccc(-c2ccc(Cl)cc2)o1. The zero-order chi connectivity index (χ0) is 11.5. The highest BCUT2D eigenvalue weighted by atomic mass is 35.5. The molecule has 0 saturated carbocycles. The van der Waals surface area contributed by atoms with Crippen LogP contribution in [0.5, 0.6) is 0 Å². The van der Waals surface area contributed by atoms with Crippen molar-refractivity contribution in [3.63, 3.8) is 0 Å². The van der Waals surface area contributed by atoms with E-state index in [1.165, 1.54) is 0 Å². The van der Waals surface area contributed by atoms with Crippen LogP contribution in [0, 0.1) is 0 Å². The summed E-state index contributed by atoms with van der Waals surface area (Å²) in [4.78, 5) is 10.9. The molecule has 0 aliphatic heterocycles. The van der Waals surface area contributed by atoms with E-state index in [9.17, 15) is 4.79 Å². The maximum atomic E-state index is 10.9. The van der Waals surface area contributed by atoms with E-state index in [4.69, 9.17) is 16.0 Å². The van der Waals surface area contributed by atoms with Crippen molar-refractivity contribution in [3.05, 3.63) is 47.2 Å². The molecule has 2 nitrogen and oxygen atoms in total. The first-order valence-electron chi connectivity index (χ1n) is 4.99. The summed E-state index contributed by atoms with van der Waals surface area (Å²) in [6.45, 7) is 1.55. The van der Waals surface area contributed by atoms with E-state index in [1.807, 2.05) is 36.4 Å². The number of carbonyl (C=O) groups excluding carboxylic acids is 1. The molecular formula is C13H11ClO2. The van der Waals surface area contributed by atoms with Crippen LogP contribution in [0.4, 0.5) is 0 Å². The molecule has 82 valence electrons. The standard InChI is InChI=1S/C13H11ClO2/c1-9(15)8-12-6-7-13(16-12)10-2-4-11(14)5-3-10/h2-7H,8H2,1H3. The van der Waals surface area contributed by atoms with Gasteiger partial charge in [-0.05, 0) is 43.3 Å². The minimum absolute atomic E-state index is 0.0945. The summed E-state index contributed by atoms with van der Waals surface area (Å²) in [5.41, 5.74) is 0.958. The molecule has 0 spiro atoms. The van der Waals surface area contributed by atoms with Crippen LogP contribution in [0.1, 0.15) is 12.7 Å². The van der Waals surface area contributed by atoms with E-state index in [0.717, 1.165) is 11.3 Å². The predicted octanol–water partition coefficient (Wildman–Crippen LogP) is 3.73. The Morgan fingerprint density at radius 1 is 1.19 bits per heavy atom. The lowest BCUT2D eigenvalue weighted by molar-refractivity contribution is -0.116. The number of benzene rings is 1. The Kier molecular flexibility index (Phi) is 3.11. The van der Waals surface area contributed by atoms with Crippen LogP contribution in [-0.4, -0.2) is 5.78 Å². The Labute approximate surface area is 98.8 Å². The van der Waals surface area contributed by atoms with E-state index in [1.54, 1.807) is 6.92 Å². The molecule has 0 atom stereocenters. The number of hydrogen-bond acceptors (Lipinski definition) is 2. The first kappa shape index (κ1) is 11.0. The van der Waals surface area contributed by atoms with E-state index >= 15 is 0 Å². The minimum atomic E-state index is 0.0945. The minimum Gasteiger partial charge on any atom is -0.461 e. The topological polar surface area (TPSA) is 30.2 Å². The molecular weight excluding hydrogens is 224 g/mol. The van der Waals surface area contributed by atoms with E-state index in [-0.39, 0.29) is 5.78 Å². The van der Waals surface area contributed by atoms with Gasteiger partial charge in [0.25, 0.3) is 0 Å². The van der Waals surface area contributed by atoms with Gasteiger partial charge in [-0.25, -0.2) is 0 Å². The first-order chi connectivity index (χ1) is 7.65. The summed E-state index contributed by atoms with van der Waals surface area (Å²) < 4.78 is 5.56. The molecule has 2 rings (SSSR count). The molecule has 0 aliphatic carbocycles. The smallest absolute Gasteiger partial charge is 0.137 e. The first-order valence-corrected chi connectivity index (χ1v) is 5.37. The highest BCUT2D eigenvalue weighted by Crippen LogP contribution is 2.23. The van der Waals surface area contributed by atoms with Gasteiger partial charge in [-0.3, -0.25) is 4.79 Å². The van der Waals surface area contributed by atoms with Crippen LogP contribution in [0.15, 0.2) is 40.8 Å². The number of ketones is 1. The summed E-state index contributed by atoms with van der Waals surface area (Å²) >= 11 is 5.80. The van der Waals surface area contributed by atoms with Gasteiger partial charge in [0.1, 0.15) is 17.3 Å².